The lowest BCUT2D eigenvalue weighted by Gasteiger charge is -2.43. The van der Waals surface area contributed by atoms with Gasteiger partial charge in [-0.2, -0.15) is 16.8 Å². The zero-order valence-corrected chi connectivity index (χ0v) is 6.99. The van der Waals surface area contributed by atoms with Crippen molar-refractivity contribution in [3.63, 3.8) is 0 Å². The maximum atomic E-state index is 5.08. The fourth-order valence-corrected chi connectivity index (χ4v) is 1.96. The second-order valence-corrected chi connectivity index (χ2v) is 3.66. The molecule has 0 spiro atoms. The first-order chi connectivity index (χ1) is 4.19. The highest BCUT2D eigenvalue weighted by Crippen LogP contribution is 2.33. The SMILES string of the molecule is CON(C)C1(C)CSC1. The van der Waals surface area contributed by atoms with Crippen molar-refractivity contribution in [2.75, 3.05) is 25.7 Å². The van der Waals surface area contributed by atoms with Crippen LogP contribution in [0.5, 0.6) is 0 Å². The van der Waals surface area contributed by atoms with E-state index in [1.54, 1.807) is 7.11 Å². The van der Waals surface area contributed by atoms with E-state index >= 15 is 0 Å². The van der Waals surface area contributed by atoms with Crippen LogP contribution in [0.3, 0.4) is 0 Å². The standard InChI is InChI=1S/C6H13NOS/c1-6(4-9-5-6)7(2)8-3/h4-5H2,1-3H3. The van der Waals surface area contributed by atoms with E-state index < -0.39 is 0 Å². The van der Waals surface area contributed by atoms with Crippen LogP contribution in [0.15, 0.2) is 0 Å². The highest BCUT2D eigenvalue weighted by Gasteiger charge is 2.37. The van der Waals surface area contributed by atoms with Crippen molar-refractivity contribution >= 4 is 11.8 Å². The van der Waals surface area contributed by atoms with E-state index in [-0.39, 0.29) is 0 Å². The van der Waals surface area contributed by atoms with Crippen molar-refractivity contribution in [1.29, 1.82) is 0 Å². The van der Waals surface area contributed by atoms with Crippen LogP contribution in [0.1, 0.15) is 6.92 Å². The Hall–Kier alpha value is 0.270. The second-order valence-electron chi connectivity index (χ2n) is 2.67. The van der Waals surface area contributed by atoms with E-state index in [1.807, 2.05) is 23.9 Å². The van der Waals surface area contributed by atoms with Gasteiger partial charge in [0.1, 0.15) is 0 Å². The summed E-state index contributed by atoms with van der Waals surface area (Å²) in [5.74, 6) is 2.38. The molecule has 0 aromatic rings. The summed E-state index contributed by atoms with van der Waals surface area (Å²) in [6.45, 7) is 2.22. The molecule has 1 heterocycles. The average molecular weight is 147 g/mol. The Labute approximate surface area is 60.5 Å². The van der Waals surface area contributed by atoms with Gasteiger partial charge in [-0.05, 0) is 6.92 Å². The average Bonchev–Trinajstić information content (AvgIpc) is 1.81. The third-order valence-corrected chi connectivity index (χ3v) is 3.51. The van der Waals surface area contributed by atoms with Crippen molar-refractivity contribution in [1.82, 2.24) is 5.06 Å². The van der Waals surface area contributed by atoms with E-state index in [2.05, 4.69) is 6.92 Å². The molecule has 1 saturated heterocycles. The van der Waals surface area contributed by atoms with Crippen LogP contribution < -0.4 is 0 Å². The first kappa shape index (κ1) is 7.38. The van der Waals surface area contributed by atoms with Crippen LogP contribution in [-0.4, -0.2) is 36.3 Å². The van der Waals surface area contributed by atoms with Gasteiger partial charge in [0.2, 0.25) is 0 Å². The zero-order valence-electron chi connectivity index (χ0n) is 6.18. The Kier molecular flexibility index (Phi) is 2.03. The predicted molar refractivity (Wildman–Crippen MR) is 40.5 cm³/mol. The first-order valence-electron chi connectivity index (χ1n) is 3.05. The van der Waals surface area contributed by atoms with E-state index in [0.717, 1.165) is 0 Å². The third kappa shape index (κ3) is 1.23. The summed E-state index contributed by atoms with van der Waals surface area (Å²) in [5.41, 5.74) is 0.305. The van der Waals surface area contributed by atoms with Gasteiger partial charge < -0.3 is 4.84 Å². The molecule has 0 N–H and O–H groups in total. The second kappa shape index (κ2) is 2.48. The minimum Gasteiger partial charge on any atom is -0.302 e. The van der Waals surface area contributed by atoms with Crippen LogP contribution in [-0.2, 0) is 4.84 Å². The van der Waals surface area contributed by atoms with Gasteiger partial charge >= 0.3 is 0 Å². The maximum absolute atomic E-state index is 5.08. The molecule has 0 aliphatic carbocycles. The molecule has 0 aromatic carbocycles. The lowest BCUT2D eigenvalue weighted by Crippen LogP contribution is -2.53. The minimum absolute atomic E-state index is 0.305. The molecule has 0 atom stereocenters. The largest absolute Gasteiger partial charge is 0.302 e. The maximum Gasteiger partial charge on any atom is 0.0611 e. The van der Waals surface area contributed by atoms with Crippen LogP contribution in [0.25, 0.3) is 0 Å². The molecule has 54 valence electrons. The van der Waals surface area contributed by atoms with Gasteiger partial charge in [-0.3, -0.25) is 0 Å². The van der Waals surface area contributed by atoms with Gasteiger partial charge in [-0.15, -0.1) is 0 Å². The van der Waals surface area contributed by atoms with Gasteiger partial charge in [0.05, 0.1) is 12.6 Å². The number of thioether (sulfide) groups is 1. The van der Waals surface area contributed by atoms with Crippen LogP contribution in [0, 0.1) is 0 Å². The van der Waals surface area contributed by atoms with Crippen molar-refractivity contribution in [2.45, 2.75) is 12.5 Å². The normalized spacial score (nSPS) is 24.0. The van der Waals surface area contributed by atoms with E-state index in [1.165, 1.54) is 11.5 Å². The third-order valence-electron chi connectivity index (χ3n) is 1.86. The van der Waals surface area contributed by atoms with Crippen LogP contribution in [0.4, 0.5) is 0 Å². The minimum atomic E-state index is 0.305. The fourth-order valence-electron chi connectivity index (χ4n) is 0.800. The van der Waals surface area contributed by atoms with Crippen molar-refractivity contribution < 1.29 is 4.84 Å². The molecule has 0 unspecified atom stereocenters. The lowest BCUT2D eigenvalue weighted by molar-refractivity contribution is -0.166. The molecule has 3 heteroatoms. The summed E-state index contributed by atoms with van der Waals surface area (Å²) in [6.07, 6.45) is 0. The Morgan fingerprint density at radius 2 is 2.11 bits per heavy atom. The lowest BCUT2D eigenvalue weighted by atomic mass is 10.1. The molecule has 1 aliphatic rings. The Morgan fingerprint density at radius 3 is 2.22 bits per heavy atom. The van der Waals surface area contributed by atoms with Crippen molar-refractivity contribution in [2.24, 2.45) is 0 Å². The topological polar surface area (TPSA) is 12.5 Å². The molecule has 0 aromatic heterocycles. The smallest absolute Gasteiger partial charge is 0.0611 e. The fraction of sp³-hybridized carbons (Fsp3) is 1.00. The monoisotopic (exact) mass is 147 g/mol. The Balaban J connectivity index is 2.38. The number of hydroxylamine groups is 2. The number of hydrogen-bond acceptors (Lipinski definition) is 3. The summed E-state index contributed by atoms with van der Waals surface area (Å²) >= 11 is 1.97. The molecule has 1 rings (SSSR count). The quantitative estimate of drug-likeness (QED) is 0.540. The molecule has 0 saturated carbocycles. The van der Waals surface area contributed by atoms with E-state index in [9.17, 15) is 0 Å². The molecule has 1 aliphatic heterocycles. The molecular weight excluding hydrogens is 134 g/mol. The Morgan fingerprint density at radius 1 is 1.56 bits per heavy atom. The Bertz CT molecular complexity index is 103. The molecule has 0 bridgehead atoms. The summed E-state index contributed by atoms with van der Waals surface area (Å²) in [7, 11) is 3.70. The number of rotatable bonds is 2. The highest BCUT2D eigenvalue weighted by molar-refractivity contribution is 8.00. The number of nitrogens with zero attached hydrogens (tertiary/aromatic N) is 1. The van der Waals surface area contributed by atoms with Gasteiger partial charge in [0.25, 0.3) is 0 Å². The summed E-state index contributed by atoms with van der Waals surface area (Å²) in [6, 6.07) is 0. The van der Waals surface area contributed by atoms with Gasteiger partial charge in [-0.1, -0.05) is 0 Å². The number of hydrogen-bond donors (Lipinski definition) is 0. The van der Waals surface area contributed by atoms with E-state index in [0.29, 0.717) is 5.54 Å². The van der Waals surface area contributed by atoms with E-state index in [4.69, 9.17) is 4.84 Å². The highest BCUT2D eigenvalue weighted by atomic mass is 32.2. The molecule has 2 nitrogen and oxygen atoms in total. The summed E-state index contributed by atoms with van der Waals surface area (Å²) in [4.78, 5) is 5.08. The van der Waals surface area contributed by atoms with Crippen molar-refractivity contribution in [3.8, 4) is 0 Å². The summed E-state index contributed by atoms with van der Waals surface area (Å²) in [5, 5.41) is 1.93. The summed E-state index contributed by atoms with van der Waals surface area (Å²) < 4.78 is 0. The van der Waals surface area contributed by atoms with Crippen LogP contribution >= 0.6 is 11.8 Å². The molecule has 1 fully saturated rings. The van der Waals surface area contributed by atoms with Gasteiger partial charge in [0.15, 0.2) is 0 Å². The molecular formula is C6H13NOS. The molecule has 9 heavy (non-hydrogen) atoms. The van der Waals surface area contributed by atoms with Crippen molar-refractivity contribution in [3.05, 3.63) is 0 Å². The molecule has 0 radical (unpaired) electrons. The first-order valence-corrected chi connectivity index (χ1v) is 4.20. The predicted octanol–water partition coefficient (Wildman–Crippen LogP) is 0.985. The zero-order chi connectivity index (χ0) is 6.91. The van der Waals surface area contributed by atoms with Crippen LogP contribution in [0.2, 0.25) is 0 Å². The molecule has 0 amide bonds. The van der Waals surface area contributed by atoms with Gasteiger partial charge in [0, 0.05) is 18.6 Å². The van der Waals surface area contributed by atoms with Gasteiger partial charge in [-0.25, -0.2) is 0 Å².